The number of nitrogens with one attached hydrogen (secondary N) is 1. The summed E-state index contributed by atoms with van der Waals surface area (Å²) in [6.07, 6.45) is 0. The second-order valence-corrected chi connectivity index (χ2v) is 7.65. The molecule has 17 heavy (non-hydrogen) atoms. The number of hydrogen-bond acceptors (Lipinski definition) is 3. The van der Waals surface area contributed by atoms with Gasteiger partial charge in [-0.3, -0.25) is 4.79 Å². The van der Waals surface area contributed by atoms with E-state index in [0.29, 0.717) is 4.88 Å². The third kappa shape index (κ3) is 3.19. The van der Waals surface area contributed by atoms with E-state index in [1.807, 2.05) is 30.5 Å². The van der Waals surface area contributed by atoms with Crippen molar-refractivity contribution in [3.63, 3.8) is 0 Å². The van der Waals surface area contributed by atoms with Crippen LogP contribution in [0.15, 0.2) is 31.8 Å². The molecule has 6 heteroatoms. The molecule has 0 radical (unpaired) electrons. The Kier molecular flexibility index (Phi) is 4.41. The monoisotopic (exact) mass is 393 g/mol. The van der Waals surface area contributed by atoms with Gasteiger partial charge < -0.3 is 5.32 Å². The lowest BCUT2D eigenvalue weighted by atomic mass is 10.2. The molecule has 1 amide bonds. The molecule has 0 aliphatic carbocycles. The average molecular weight is 395 g/mol. The summed E-state index contributed by atoms with van der Waals surface area (Å²) in [6, 6.07) is 5.88. The molecule has 0 saturated heterocycles. The molecule has 0 saturated carbocycles. The van der Waals surface area contributed by atoms with Gasteiger partial charge in [-0.15, -0.1) is 22.7 Å². The molecule has 90 valence electrons. The zero-order valence-corrected chi connectivity index (χ0v) is 13.7. The Morgan fingerprint density at radius 2 is 2.24 bits per heavy atom. The molecule has 2 aromatic rings. The normalized spacial score (nSPS) is 12.4. The number of thiophene rings is 2. The van der Waals surface area contributed by atoms with Gasteiger partial charge in [0.05, 0.1) is 14.7 Å². The van der Waals surface area contributed by atoms with Crippen LogP contribution in [-0.4, -0.2) is 5.91 Å². The minimum atomic E-state index is -0.0395. The minimum Gasteiger partial charge on any atom is -0.344 e. The maximum Gasteiger partial charge on any atom is 0.261 e. The molecule has 0 aliphatic rings. The number of hydrogen-bond donors (Lipinski definition) is 1. The second-order valence-electron chi connectivity index (χ2n) is 3.44. The molecular formula is C11H9Br2NOS2. The maximum atomic E-state index is 12.0. The first-order valence-electron chi connectivity index (χ1n) is 4.87. The summed E-state index contributed by atoms with van der Waals surface area (Å²) < 4.78 is 1.85. The minimum absolute atomic E-state index is 0.0395. The second kappa shape index (κ2) is 5.65. The fourth-order valence-corrected chi connectivity index (χ4v) is 4.01. The number of halogens is 2. The molecule has 0 bridgehead atoms. The topological polar surface area (TPSA) is 29.1 Å². The lowest BCUT2D eigenvalue weighted by Gasteiger charge is -2.10. The molecule has 2 rings (SSSR count). The molecule has 0 spiro atoms. The van der Waals surface area contributed by atoms with Gasteiger partial charge in [0, 0.05) is 9.35 Å². The van der Waals surface area contributed by atoms with Gasteiger partial charge >= 0.3 is 0 Å². The van der Waals surface area contributed by atoms with E-state index < -0.39 is 0 Å². The number of amides is 1. The lowest BCUT2D eigenvalue weighted by molar-refractivity contribution is 0.0944. The van der Waals surface area contributed by atoms with Gasteiger partial charge in [0.1, 0.15) is 0 Å². The van der Waals surface area contributed by atoms with E-state index in [4.69, 9.17) is 0 Å². The highest BCUT2D eigenvalue weighted by molar-refractivity contribution is 9.13. The first kappa shape index (κ1) is 13.3. The molecule has 0 unspecified atom stereocenters. The molecule has 1 N–H and O–H groups in total. The van der Waals surface area contributed by atoms with Crippen LogP contribution in [0.4, 0.5) is 0 Å². The highest BCUT2D eigenvalue weighted by atomic mass is 79.9. The third-order valence-electron chi connectivity index (χ3n) is 2.19. The van der Waals surface area contributed by atoms with Crippen LogP contribution >= 0.6 is 54.5 Å². The highest BCUT2D eigenvalue weighted by Gasteiger charge is 2.15. The van der Waals surface area contributed by atoms with Gasteiger partial charge in [0.25, 0.3) is 5.91 Å². The summed E-state index contributed by atoms with van der Waals surface area (Å²) in [5.74, 6) is -0.0395. The Labute approximate surface area is 124 Å². The fraction of sp³-hybridized carbons (Fsp3) is 0.182. The number of carbonyl (C=O) groups is 1. The molecule has 2 nitrogen and oxygen atoms in total. The Morgan fingerprint density at radius 1 is 1.47 bits per heavy atom. The Balaban J connectivity index is 2.07. The van der Waals surface area contributed by atoms with Gasteiger partial charge in [-0.05, 0) is 56.3 Å². The van der Waals surface area contributed by atoms with E-state index in [0.717, 1.165) is 13.1 Å². The van der Waals surface area contributed by atoms with Crippen LogP contribution in [-0.2, 0) is 0 Å². The van der Waals surface area contributed by atoms with Crippen molar-refractivity contribution < 1.29 is 4.79 Å². The molecule has 0 fully saturated rings. The average Bonchev–Trinajstić information content (AvgIpc) is 2.89. The molecule has 0 aromatic carbocycles. The molecule has 2 aromatic heterocycles. The van der Waals surface area contributed by atoms with Crippen molar-refractivity contribution >= 4 is 60.4 Å². The van der Waals surface area contributed by atoms with Crippen molar-refractivity contribution in [2.75, 3.05) is 0 Å². The first-order chi connectivity index (χ1) is 8.08. The molecule has 2 heterocycles. The summed E-state index contributed by atoms with van der Waals surface area (Å²) in [5.41, 5.74) is 0. The van der Waals surface area contributed by atoms with Crippen LogP contribution in [0, 0.1) is 0 Å². The standard InChI is InChI=1S/C11H9Br2NOS2/c1-6(8-3-2-4-16-8)14-11(15)9-5-7(12)10(13)17-9/h2-6H,1H3,(H,14,15)/t6-/m1/s1. The zero-order chi connectivity index (χ0) is 12.4. The van der Waals surface area contributed by atoms with E-state index in [1.165, 1.54) is 11.3 Å². The SMILES string of the molecule is C[C@@H](NC(=O)c1cc(Br)c(Br)s1)c1cccs1. The third-order valence-corrected chi connectivity index (χ3v) is 6.50. The van der Waals surface area contributed by atoms with Gasteiger partial charge in [0.15, 0.2) is 0 Å². The molecular weight excluding hydrogens is 386 g/mol. The van der Waals surface area contributed by atoms with Crippen LogP contribution < -0.4 is 5.32 Å². The first-order valence-corrected chi connectivity index (χ1v) is 8.15. The highest BCUT2D eigenvalue weighted by Crippen LogP contribution is 2.32. The van der Waals surface area contributed by atoms with E-state index in [9.17, 15) is 4.79 Å². The van der Waals surface area contributed by atoms with Crippen molar-refractivity contribution in [2.24, 2.45) is 0 Å². The van der Waals surface area contributed by atoms with Crippen LogP contribution in [0.25, 0.3) is 0 Å². The van der Waals surface area contributed by atoms with Crippen LogP contribution in [0.2, 0.25) is 0 Å². The fourth-order valence-electron chi connectivity index (χ4n) is 1.34. The van der Waals surface area contributed by atoms with Crippen molar-refractivity contribution in [2.45, 2.75) is 13.0 Å². The largest absolute Gasteiger partial charge is 0.344 e. The van der Waals surface area contributed by atoms with Gasteiger partial charge in [-0.1, -0.05) is 6.07 Å². The van der Waals surface area contributed by atoms with Crippen LogP contribution in [0.5, 0.6) is 0 Å². The smallest absolute Gasteiger partial charge is 0.261 e. The van der Waals surface area contributed by atoms with Crippen molar-refractivity contribution in [1.82, 2.24) is 5.32 Å². The van der Waals surface area contributed by atoms with Crippen molar-refractivity contribution in [1.29, 1.82) is 0 Å². The van der Waals surface area contributed by atoms with Crippen LogP contribution in [0.1, 0.15) is 27.5 Å². The van der Waals surface area contributed by atoms with Gasteiger partial charge in [0.2, 0.25) is 0 Å². The lowest BCUT2D eigenvalue weighted by Crippen LogP contribution is -2.25. The van der Waals surface area contributed by atoms with Crippen LogP contribution in [0.3, 0.4) is 0 Å². The van der Waals surface area contributed by atoms with E-state index >= 15 is 0 Å². The van der Waals surface area contributed by atoms with Crippen molar-refractivity contribution in [3.8, 4) is 0 Å². The summed E-state index contributed by atoms with van der Waals surface area (Å²) in [7, 11) is 0. The predicted octanol–water partition coefficient (Wildman–Crippen LogP) is 4.83. The van der Waals surface area contributed by atoms with E-state index in [1.54, 1.807) is 11.3 Å². The van der Waals surface area contributed by atoms with Gasteiger partial charge in [-0.2, -0.15) is 0 Å². The summed E-state index contributed by atoms with van der Waals surface area (Å²) in [5, 5.41) is 4.99. The summed E-state index contributed by atoms with van der Waals surface area (Å²) in [4.78, 5) is 13.8. The molecule has 0 aliphatic heterocycles. The Morgan fingerprint density at radius 3 is 2.76 bits per heavy atom. The summed E-state index contributed by atoms with van der Waals surface area (Å²) in [6.45, 7) is 1.99. The van der Waals surface area contributed by atoms with E-state index in [2.05, 4.69) is 37.2 Å². The zero-order valence-electron chi connectivity index (χ0n) is 8.87. The van der Waals surface area contributed by atoms with Crippen molar-refractivity contribution in [3.05, 3.63) is 41.6 Å². The number of carbonyl (C=O) groups excluding carboxylic acids is 1. The predicted molar refractivity (Wildman–Crippen MR) is 79.9 cm³/mol. The maximum absolute atomic E-state index is 12.0. The number of rotatable bonds is 3. The summed E-state index contributed by atoms with van der Waals surface area (Å²) >= 11 is 9.83. The quantitative estimate of drug-likeness (QED) is 0.793. The molecule has 1 atom stereocenters. The van der Waals surface area contributed by atoms with Gasteiger partial charge in [-0.25, -0.2) is 0 Å². The Bertz CT molecular complexity index is 502. The van der Waals surface area contributed by atoms with E-state index in [-0.39, 0.29) is 11.9 Å². The Hall–Kier alpha value is -0.170.